The molecule has 0 spiro atoms. The van der Waals surface area contributed by atoms with Crippen LogP contribution in [0.5, 0.6) is 0 Å². The lowest BCUT2D eigenvalue weighted by atomic mass is 9.70. The molecule has 2 unspecified atom stereocenters. The molecule has 0 aliphatic heterocycles. The highest BCUT2D eigenvalue weighted by Gasteiger charge is 2.33. The van der Waals surface area contributed by atoms with Gasteiger partial charge in [0.15, 0.2) is 0 Å². The molecule has 0 aromatic heterocycles. The Hall–Kier alpha value is -1.84. The normalized spacial score (nSPS) is 25.5. The number of fused-ring (bicyclic) bond motifs is 1. The summed E-state index contributed by atoms with van der Waals surface area (Å²) in [5.41, 5.74) is 1.98. The van der Waals surface area contributed by atoms with E-state index in [0.29, 0.717) is 18.1 Å². The van der Waals surface area contributed by atoms with Gasteiger partial charge in [0.1, 0.15) is 0 Å². The fourth-order valence-electron chi connectivity index (χ4n) is 3.28. The number of hydrogen-bond acceptors (Lipinski definition) is 1. The molecule has 0 fully saturated rings. The van der Waals surface area contributed by atoms with Crippen molar-refractivity contribution in [2.75, 3.05) is 0 Å². The Morgan fingerprint density at radius 2 is 1.76 bits per heavy atom. The van der Waals surface area contributed by atoms with E-state index in [0.717, 1.165) is 36.1 Å². The van der Waals surface area contributed by atoms with Crippen LogP contribution >= 0.6 is 0 Å². The van der Waals surface area contributed by atoms with Crippen LogP contribution in [0.15, 0.2) is 48.1 Å². The van der Waals surface area contributed by atoms with Crippen LogP contribution in [0, 0.1) is 11.3 Å². The smallest absolute Gasteiger partial charge is 0.305 e. The number of allylic oxidation sites excluding steroid dienone is 4. The van der Waals surface area contributed by atoms with Gasteiger partial charge in [0.25, 0.3) is 0 Å². The van der Waals surface area contributed by atoms with Gasteiger partial charge in [0.2, 0.25) is 0 Å². The Labute approximate surface area is 121 Å². The van der Waals surface area contributed by atoms with Crippen molar-refractivity contribution in [3.05, 3.63) is 59.2 Å². The molecule has 0 bridgehead atoms. The topological polar surface area (TPSA) is 23.9 Å². The second-order valence-electron chi connectivity index (χ2n) is 5.69. The fraction of sp³-hybridized carbons (Fsp3) is 0.353. The van der Waals surface area contributed by atoms with Crippen LogP contribution in [-0.2, 0) is 6.18 Å². The molecular weight excluding hydrogens is 275 g/mol. The monoisotopic (exact) mass is 291 g/mol. The summed E-state index contributed by atoms with van der Waals surface area (Å²) in [7, 11) is 0. The average Bonchev–Trinajstić information content (AvgIpc) is 2.45. The first-order valence-corrected chi connectivity index (χ1v) is 7.08. The maximum Gasteiger partial charge on any atom is 0.416 e. The maximum atomic E-state index is 12.6. The number of rotatable bonds is 1. The van der Waals surface area contributed by atoms with Crippen LogP contribution in [0.25, 0.3) is 0 Å². The van der Waals surface area contributed by atoms with Gasteiger partial charge in [-0.05, 0) is 60.4 Å². The van der Waals surface area contributed by atoms with E-state index in [4.69, 9.17) is 5.41 Å². The summed E-state index contributed by atoms with van der Waals surface area (Å²) < 4.78 is 37.9. The molecule has 110 valence electrons. The molecule has 1 nitrogen and oxygen atoms in total. The van der Waals surface area contributed by atoms with E-state index in [9.17, 15) is 13.2 Å². The molecular formula is C17H16F3N. The first-order valence-electron chi connectivity index (χ1n) is 7.08. The zero-order valence-electron chi connectivity index (χ0n) is 11.5. The molecule has 2 aliphatic rings. The van der Waals surface area contributed by atoms with Gasteiger partial charge in [0.05, 0.1) is 5.56 Å². The molecule has 0 saturated heterocycles. The number of alkyl halides is 3. The van der Waals surface area contributed by atoms with Crippen molar-refractivity contribution < 1.29 is 13.2 Å². The van der Waals surface area contributed by atoms with Crippen LogP contribution in [-0.4, -0.2) is 5.71 Å². The van der Waals surface area contributed by atoms with Crippen molar-refractivity contribution in [2.45, 2.75) is 31.4 Å². The zero-order valence-corrected chi connectivity index (χ0v) is 11.5. The molecule has 2 aliphatic carbocycles. The lowest BCUT2D eigenvalue weighted by Crippen LogP contribution is -2.24. The van der Waals surface area contributed by atoms with Gasteiger partial charge < -0.3 is 5.41 Å². The lowest BCUT2D eigenvalue weighted by molar-refractivity contribution is -0.137. The van der Waals surface area contributed by atoms with Crippen LogP contribution in [0.3, 0.4) is 0 Å². The van der Waals surface area contributed by atoms with Crippen molar-refractivity contribution in [3.63, 3.8) is 0 Å². The molecule has 0 saturated carbocycles. The number of hydrogen-bond donors (Lipinski definition) is 1. The number of halogens is 3. The average molecular weight is 291 g/mol. The SMILES string of the molecule is N=C1C=C2C=CCCC2C(c2ccc(C(F)(F)F)cc2)C1. The Kier molecular flexibility index (Phi) is 3.47. The van der Waals surface area contributed by atoms with Gasteiger partial charge in [-0.25, -0.2) is 0 Å². The third-order valence-electron chi connectivity index (χ3n) is 4.32. The summed E-state index contributed by atoms with van der Waals surface area (Å²) in [5, 5.41) is 7.94. The maximum absolute atomic E-state index is 12.6. The third kappa shape index (κ3) is 2.80. The Morgan fingerprint density at radius 3 is 2.43 bits per heavy atom. The van der Waals surface area contributed by atoms with Crippen molar-refractivity contribution >= 4 is 5.71 Å². The van der Waals surface area contributed by atoms with Crippen LogP contribution in [0.1, 0.15) is 36.3 Å². The van der Waals surface area contributed by atoms with Crippen molar-refractivity contribution in [1.82, 2.24) is 0 Å². The van der Waals surface area contributed by atoms with E-state index in [2.05, 4.69) is 12.2 Å². The Balaban J connectivity index is 1.91. The largest absolute Gasteiger partial charge is 0.416 e. The van der Waals surface area contributed by atoms with Crippen LogP contribution in [0.2, 0.25) is 0 Å². The molecule has 3 rings (SSSR count). The third-order valence-corrected chi connectivity index (χ3v) is 4.32. The first-order chi connectivity index (χ1) is 9.95. The van der Waals surface area contributed by atoms with Gasteiger partial charge in [-0.2, -0.15) is 13.2 Å². The van der Waals surface area contributed by atoms with Gasteiger partial charge in [0, 0.05) is 5.71 Å². The molecule has 1 aromatic carbocycles. The second kappa shape index (κ2) is 5.17. The second-order valence-corrected chi connectivity index (χ2v) is 5.69. The molecule has 21 heavy (non-hydrogen) atoms. The van der Waals surface area contributed by atoms with E-state index in [1.165, 1.54) is 0 Å². The van der Waals surface area contributed by atoms with E-state index in [-0.39, 0.29) is 5.92 Å². The highest BCUT2D eigenvalue weighted by atomic mass is 19.4. The summed E-state index contributed by atoms with van der Waals surface area (Å²) in [4.78, 5) is 0. The van der Waals surface area contributed by atoms with E-state index >= 15 is 0 Å². The molecule has 1 N–H and O–H groups in total. The van der Waals surface area contributed by atoms with Crippen LogP contribution < -0.4 is 0 Å². The summed E-state index contributed by atoms with van der Waals surface area (Å²) in [6, 6.07) is 5.44. The molecule has 2 atom stereocenters. The summed E-state index contributed by atoms with van der Waals surface area (Å²) >= 11 is 0. The van der Waals surface area contributed by atoms with Gasteiger partial charge in [-0.15, -0.1) is 0 Å². The molecule has 1 aromatic rings. The van der Waals surface area contributed by atoms with Gasteiger partial charge >= 0.3 is 6.18 Å². The number of nitrogens with one attached hydrogen (secondary N) is 1. The lowest BCUT2D eigenvalue weighted by Gasteiger charge is -2.34. The first kappa shape index (κ1) is 14.1. The van der Waals surface area contributed by atoms with Crippen LogP contribution in [0.4, 0.5) is 13.2 Å². The quantitative estimate of drug-likeness (QED) is 0.744. The standard InChI is InChI=1S/C17H16F3N/c18-17(19,20)13-7-5-11(6-8-13)16-10-14(21)9-12-3-1-2-4-15(12)16/h1,3,5-9,15-16,21H,2,4,10H2. The van der Waals surface area contributed by atoms with Crippen molar-refractivity contribution in [3.8, 4) is 0 Å². The minimum atomic E-state index is -4.30. The predicted octanol–water partition coefficient (Wildman–Crippen LogP) is 5.11. The molecule has 0 heterocycles. The molecule has 4 heteroatoms. The summed E-state index contributed by atoms with van der Waals surface area (Å²) in [5.74, 6) is 0.436. The van der Waals surface area contributed by atoms with E-state index in [1.807, 2.05) is 6.08 Å². The Bertz CT molecular complexity index is 608. The van der Waals surface area contributed by atoms with Gasteiger partial charge in [-0.3, -0.25) is 0 Å². The highest BCUT2D eigenvalue weighted by Crippen LogP contribution is 2.42. The van der Waals surface area contributed by atoms with Crippen molar-refractivity contribution in [1.29, 1.82) is 5.41 Å². The zero-order chi connectivity index (χ0) is 15.0. The van der Waals surface area contributed by atoms with E-state index in [1.54, 1.807) is 12.1 Å². The Morgan fingerprint density at radius 1 is 1.05 bits per heavy atom. The molecule has 0 amide bonds. The predicted molar refractivity (Wildman–Crippen MR) is 76.5 cm³/mol. The minimum absolute atomic E-state index is 0.115. The summed E-state index contributed by atoms with van der Waals surface area (Å²) in [6.45, 7) is 0. The number of benzene rings is 1. The summed E-state index contributed by atoms with van der Waals surface area (Å²) in [6.07, 6.45) is 4.36. The van der Waals surface area contributed by atoms with E-state index < -0.39 is 11.7 Å². The van der Waals surface area contributed by atoms with Gasteiger partial charge in [-0.1, -0.05) is 24.3 Å². The minimum Gasteiger partial charge on any atom is -0.305 e. The molecule has 0 radical (unpaired) electrons. The fourth-order valence-corrected chi connectivity index (χ4v) is 3.28. The van der Waals surface area contributed by atoms with Crippen molar-refractivity contribution in [2.24, 2.45) is 5.92 Å². The highest BCUT2D eigenvalue weighted by molar-refractivity contribution is 5.95.